The van der Waals surface area contributed by atoms with Crippen LogP contribution in [0.15, 0.2) is 0 Å². The topological polar surface area (TPSA) is 67.4 Å². The maximum Gasteiger partial charge on any atom is 0.415 e. The number of nitrogens with one attached hydrogen (secondary N) is 2. The molecule has 0 aromatic carbocycles. The molecule has 5 heteroatoms. The van der Waals surface area contributed by atoms with E-state index in [-0.39, 0.29) is 0 Å². The van der Waals surface area contributed by atoms with E-state index in [2.05, 4.69) is 15.4 Å². The van der Waals surface area contributed by atoms with E-state index in [4.69, 9.17) is 0 Å². The van der Waals surface area contributed by atoms with Crippen molar-refractivity contribution in [2.45, 2.75) is 13.0 Å². The number of cyclic esters (lactones) is 2. The summed E-state index contributed by atoms with van der Waals surface area (Å²) < 4.78 is 4.24. The van der Waals surface area contributed by atoms with Gasteiger partial charge < -0.3 is 15.4 Å². The van der Waals surface area contributed by atoms with E-state index < -0.39 is 18.1 Å². The third-order valence-corrected chi connectivity index (χ3v) is 1.37. The van der Waals surface area contributed by atoms with Crippen LogP contribution >= 0.6 is 0 Å². The Labute approximate surface area is 64.1 Å². The lowest BCUT2D eigenvalue weighted by atomic mass is 10.3. The Morgan fingerprint density at radius 2 is 2.36 bits per heavy atom. The summed E-state index contributed by atoms with van der Waals surface area (Å²) in [4.78, 5) is 21.2. The molecule has 11 heavy (non-hydrogen) atoms. The number of hydrogen-bond donors (Lipinski definition) is 2. The van der Waals surface area contributed by atoms with Crippen LogP contribution in [0.5, 0.6) is 0 Å². The van der Waals surface area contributed by atoms with Crippen molar-refractivity contribution in [2.24, 2.45) is 0 Å². The first kappa shape index (κ1) is 8.00. The second-order valence-corrected chi connectivity index (χ2v) is 2.21. The Bertz CT molecular complexity index is 181. The molecule has 0 saturated carbocycles. The first-order valence-electron chi connectivity index (χ1n) is 3.47. The van der Waals surface area contributed by atoms with Crippen molar-refractivity contribution in [1.29, 1.82) is 0 Å². The molecule has 5 nitrogen and oxygen atoms in total. The van der Waals surface area contributed by atoms with Crippen molar-refractivity contribution in [1.82, 2.24) is 10.6 Å². The van der Waals surface area contributed by atoms with Crippen molar-refractivity contribution in [3.63, 3.8) is 0 Å². The molecule has 1 fully saturated rings. The number of hydrogen-bond acceptors (Lipinski definition) is 4. The lowest BCUT2D eigenvalue weighted by Crippen LogP contribution is -2.38. The van der Waals surface area contributed by atoms with Crippen LogP contribution in [0.4, 0.5) is 4.79 Å². The zero-order valence-electron chi connectivity index (χ0n) is 6.22. The fourth-order valence-corrected chi connectivity index (χ4v) is 0.816. The van der Waals surface area contributed by atoms with E-state index in [1.165, 1.54) is 0 Å². The number of likely N-dealkylation sites (N-methyl/N-ethyl adjacent to an activating group) is 1. The van der Waals surface area contributed by atoms with Gasteiger partial charge in [-0.3, -0.25) is 0 Å². The molecule has 1 aliphatic rings. The molecule has 1 saturated heterocycles. The summed E-state index contributed by atoms with van der Waals surface area (Å²) in [6, 6.07) is -0.512. The Kier molecular flexibility index (Phi) is 2.43. The van der Waals surface area contributed by atoms with Gasteiger partial charge in [-0.15, -0.1) is 0 Å². The first-order chi connectivity index (χ1) is 5.24. The van der Waals surface area contributed by atoms with Gasteiger partial charge in [0.05, 0.1) is 0 Å². The Morgan fingerprint density at radius 1 is 1.64 bits per heavy atom. The molecule has 1 heterocycles. The minimum absolute atomic E-state index is 0.432. The zero-order chi connectivity index (χ0) is 8.27. The van der Waals surface area contributed by atoms with Crippen molar-refractivity contribution < 1.29 is 14.3 Å². The number of amides is 1. The Morgan fingerprint density at radius 3 is 2.82 bits per heavy atom. The largest absolute Gasteiger partial charge is 0.415 e. The van der Waals surface area contributed by atoms with Crippen LogP contribution in [0.2, 0.25) is 0 Å². The van der Waals surface area contributed by atoms with Gasteiger partial charge in [0.1, 0.15) is 6.04 Å². The first-order valence-corrected chi connectivity index (χ1v) is 3.47. The molecule has 0 radical (unpaired) electrons. The van der Waals surface area contributed by atoms with Gasteiger partial charge in [-0.1, -0.05) is 6.92 Å². The van der Waals surface area contributed by atoms with Crippen molar-refractivity contribution in [2.75, 3.05) is 13.1 Å². The normalized spacial score (nSPS) is 23.2. The van der Waals surface area contributed by atoms with Crippen molar-refractivity contribution in [3.05, 3.63) is 0 Å². The van der Waals surface area contributed by atoms with Gasteiger partial charge in [0.15, 0.2) is 0 Å². The minimum Gasteiger partial charge on any atom is -0.375 e. The maximum atomic E-state index is 10.7. The smallest absolute Gasteiger partial charge is 0.375 e. The van der Waals surface area contributed by atoms with Crippen LogP contribution in [-0.4, -0.2) is 31.2 Å². The van der Waals surface area contributed by atoms with Crippen LogP contribution in [0.1, 0.15) is 6.92 Å². The molecular formula is C6H10N2O3. The highest BCUT2D eigenvalue weighted by atomic mass is 16.6. The molecule has 0 aromatic rings. The van der Waals surface area contributed by atoms with Crippen molar-refractivity contribution >= 4 is 12.1 Å². The molecule has 62 valence electrons. The van der Waals surface area contributed by atoms with Crippen LogP contribution in [0.3, 0.4) is 0 Å². The molecule has 1 amide bonds. The number of rotatable bonds is 3. The molecule has 1 aliphatic heterocycles. The number of carbonyl (C=O) groups excluding carboxylic acids is 2. The van der Waals surface area contributed by atoms with Gasteiger partial charge in [-0.2, -0.15) is 0 Å². The lowest BCUT2D eigenvalue weighted by molar-refractivity contribution is -0.135. The molecule has 1 atom stereocenters. The second-order valence-electron chi connectivity index (χ2n) is 2.21. The molecule has 0 bridgehead atoms. The molecule has 0 spiro atoms. The van der Waals surface area contributed by atoms with Crippen LogP contribution in [-0.2, 0) is 9.53 Å². The van der Waals surface area contributed by atoms with Gasteiger partial charge in [0, 0.05) is 6.54 Å². The summed E-state index contributed by atoms with van der Waals surface area (Å²) in [6.45, 7) is 3.11. The number of ether oxygens (including phenoxy) is 1. The van der Waals surface area contributed by atoms with Crippen molar-refractivity contribution in [3.8, 4) is 0 Å². The summed E-state index contributed by atoms with van der Waals surface area (Å²) in [5, 5.41) is 5.29. The summed E-state index contributed by atoms with van der Waals surface area (Å²) in [5.74, 6) is -0.504. The standard InChI is InChI=1S/C6H10N2O3/c1-2-7-3-4-5(9)11-6(10)8-4/h4,7H,2-3H2,1H3,(H,8,10). The molecule has 1 rings (SSSR count). The summed E-state index contributed by atoms with van der Waals surface area (Å²) >= 11 is 0. The summed E-state index contributed by atoms with van der Waals surface area (Å²) in [5.41, 5.74) is 0. The minimum atomic E-state index is -0.655. The second kappa shape index (κ2) is 3.34. The van der Waals surface area contributed by atoms with Gasteiger partial charge >= 0.3 is 12.1 Å². The fourth-order valence-electron chi connectivity index (χ4n) is 0.816. The van der Waals surface area contributed by atoms with Gasteiger partial charge in [0.2, 0.25) is 0 Å². The third kappa shape index (κ3) is 1.91. The highest BCUT2D eigenvalue weighted by Crippen LogP contribution is 1.97. The lowest BCUT2D eigenvalue weighted by Gasteiger charge is -2.03. The van der Waals surface area contributed by atoms with E-state index >= 15 is 0 Å². The molecule has 2 N–H and O–H groups in total. The molecule has 0 aromatic heterocycles. The van der Waals surface area contributed by atoms with E-state index in [9.17, 15) is 9.59 Å². The van der Waals surface area contributed by atoms with Gasteiger partial charge in [-0.25, -0.2) is 9.59 Å². The highest BCUT2D eigenvalue weighted by Gasteiger charge is 2.31. The maximum absolute atomic E-state index is 10.7. The van der Waals surface area contributed by atoms with Gasteiger partial charge in [-0.05, 0) is 6.54 Å². The zero-order valence-corrected chi connectivity index (χ0v) is 6.22. The Hall–Kier alpha value is -1.10. The molecule has 1 unspecified atom stereocenters. The molecule has 0 aliphatic carbocycles. The quantitative estimate of drug-likeness (QED) is 0.418. The van der Waals surface area contributed by atoms with E-state index in [1.54, 1.807) is 0 Å². The summed E-state index contributed by atoms with van der Waals surface area (Å²) in [6.07, 6.45) is -0.655. The van der Waals surface area contributed by atoms with E-state index in [0.717, 1.165) is 6.54 Å². The Balaban J connectivity index is 2.34. The van der Waals surface area contributed by atoms with Crippen LogP contribution < -0.4 is 10.6 Å². The molecular weight excluding hydrogens is 148 g/mol. The average molecular weight is 158 g/mol. The summed E-state index contributed by atoms with van der Waals surface area (Å²) in [7, 11) is 0. The fraction of sp³-hybridized carbons (Fsp3) is 0.667. The van der Waals surface area contributed by atoms with Crippen LogP contribution in [0.25, 0.3) is 0 Å². The SMILES string of the molecule is CCNCC1NC(=O)OC1=O. The highest BCUT2D eigenvalue weighted by molar-refractivity contribution is 5.95. The van der Waals surface area contributed by atoms with E-state index in [0.29, 0.717) is 6.54 Å². The average Bonchev–Trinajstić information content (AvgIpc) is 2.26. The predicted octanol–water partition coefficient (Wildman–Crippen LogP) is -0.769. The number of alkyl carbamates (subject to hydrolysis) is 1. The van der Waals surface area contributed by atoms with Crippen LogP contribution in [0, 0.1) is 0 Å². The third-order valence-electron chi connectivity index (χ3n) is 1.37. The number of esters is 1. The number of carbonyl (C=O) groups is 2. The predicted molar refractivity (Wildman–Crippen MR) is 37.0 cm³/mol. The van der Waals surface area contributed by atoms with E-state index in [1.807, 2.05) is 6.92 Å². The van der Waals surface area contributed by atoms with Gasteiger partial charge in [0.25, 0.3) is 0 Å². The monoisotopic (exact) mass is 158 g/mol.